The minimum atomic E-state index is 0.820. The first-order valence-electron chi connectivity index (χ1n) is 6.84. The Morgan fingerprint density at radius 3 is 2.80 bits per heavy atom. The molecular weight excluding hydrogens is 248 g/mol. The van der Waals surface area contributed by atoms with E-state index in [1.807, 2.05) is 36.7 Å². The predicted octanol–water partition coefficient (Wildman–Crippen LogP) is 2.49. The molecule has 0 saturated heterocycles. The van der Waals surface area contributed by atoms with E-state index in [1.165, 1.54) is 5.56 Å². The summed E-state index contributed by atoms with van der Waals surface area (Å²) in [6.07, 6.45) is 5.62. The quantitative estimate of drug-likeness (QED) is 0.799. The van der Waals surface area contributed by atoms with E-state index in [0.29, 0.717) is 0 Å². The number of hydrogen-bond donors (Lipinski definition) is 0. The Hall–Kier alpha value is -2.36. The average molecular weight is 266 g/mol. The summed E-state index contributed by atoms with van der Waals surface area (Å²) in [5.74, 6) is 2.08. The molecule has 0 spiro atoms. The molecule has 0 unspecified atom stereocenters. The smallest absolute Gasteiger partial charge is 0.133 e. The molecule has 102 valence electrons. The molecule has 4 nitrogen and oxygen atoms in total. The maximum absolute atomic E-state index is 4.54. The predicted molar refractivity (Wildman–Crippen MR) is 81.9 cm³/mol. The highest BCUT2D eigenvalue weighted by Gasteiger charge is 2.20. The summed E-state index contributed by atoms with van der Waals surface area (Å²) in [6.45, 7) is 7.36. The monoisotopic (exact) mass is 266 g/mol. The van der Waals surface area contributed by atoms with Gasteiger partial charge in [0.05, 0.1) is 0 Å². The first-order valence-corrected chi connectivity index (χ1v) is 6.84. The van der Waals surface area contributed by atoms with Crippen molar-refractivity contribution in [3.8, 4) is 0 Å². The number of hydrogen-bond acceptors (Lipinski definition) is 4. The van der Waals surface area contributed by atoms with Crippen LogP contribution in [0.3, 0.4) is 0 Å². The number of fused-ring (bicyclic) bond motifs is 1. The number of nitrogens with zero attached hydrogens (tertiary/aromatic N) is 4. The zero-order valence-electron chi connectivity index (χ0n) is 11.4. The Balaban J connectivity index is 1.93. The summed E-state index contributed by atoms with van der Waals surface area (Å²) in [4.78, 5) is 13.6. The van der Waals surface area contributed by atoms with Crippen LogP contribution in [-0.4, -0.2) is 29.6 Å². The van der Waals surface area contributed by atoms with Gasteiger partial charge in [0.2, 0.25) is 0 Å². The standard InChI is InChI=1S/C16H18N4/c1-2-10-19-11-12-20(15-7-3-4-8-17-15)13-14-6-5-9-18-16(14)19/h2-9H,1,10-13H2. The maximum atomic E-state index is 4.54. The first kappa shape index (κ1) is 12.7. The van der Waals surface area contributed by atoms with E-state index in [4.69, 9.17) is 0 Å². The zero-order chi connectivity index (χ0) is 13.8. The maximum Gasteiger partial charge on any atom is 0.133 e. The lowest BCUT2D eigenvalue weighted by atomic mass is 10.2. The van der Waals surface area contributed by atoms with Crippen molar-refractivity contribution < 1.29 is 0 Å². The molecule has 0 N–H and O–H groups in total. The largest absolute Gasteiger partial charge is 0.351 e. The number of aromatic nitrogens is 2. The van der Waals surface area contributed by atoms with Crippen LogP contribution in [0, 0.1) is 0 Å². The number of pyridine rings is 2. The molecule has 2 aromatic rings. The van der Waals surface area contributed by atoms with Gasteiger partial charge in [0.15, 0.2) is 0 Å². The van der Waals surface area contributed by atoms with E-state index in [2.05, 4.69) is 38.5 Å². The lowest BCUT2D eigenvalue weighted by Gasteiger charge is -2.22. The van der Waals surface area contributed by atoms with Crippen molar-refractivity contribution in [2.45, 2.75) is 6.54 Å². The minimum absolute atomic E-state index is 0.820. The van der Waals surface area contributed by atoms with Crippen molar-refractivity contribution in [3.63, 3.8) is 0 Å². The van der Waals surface area contributed by atoms with Gasteiger partial charge in [0, 0.05) is 44.1 Å². The van der Waals surface area contributed by atoms with Crippen molar-refractivity contribution in [2.24, 2.45) is 0 Å². The molecule has 0 radical (unpaired) electrons. The van der Waals surface area contributed by atoms with Gasteiger partial charge < -0.3 is 9.80 Å². The fraction of sp³-hybridized carbons (Fsp3) is 0.250. The fourth-order valence-electron chi connectivity index (χ4n) is 2.54. The van der Waals surface area contributed by atoms with Crippen LogP contribution < -0.4 is 9.80 Å². The van der Waals surface area contributed by atoms with Crippen LogP contribution in [0.4, 0.5) is 11.6 Å². The van der Waals surface area contributed by atoms with Crippen LogP contribution in [-0.2, 0) is 6.54 Å². The zero-order valence-corrected chi connectivity index (χ0v) is 11.4. The third-order valence-electron chi connectivity index (χ3n) is 3.49. The van der Waals surface area contributed by atoms with Crippen LogP contribution in [0.25, 0.3) is 0 Å². The number of anilines is 2. The molecule has 0 aliphatic carbocycles. The Morgan fingerprint density at radius 2 is 2.00 bits per heavy atom. The van der Waals surface area contributed by atoms with Crippen LogP contribution in [0.15, 0.2) is 55.4 Å². The Labute approximate surface area is 119 Å². The Bertz CT molecular complexity index is 582. The summed E-state index contributed by atoms with van der Waals surface area (Å²) in [5, 5.41) is 0. The summed E-state index contributed by atoms with van der Waals surface area (Å²) in [5.41, 5.74) is 1.23. The fourth-order valence-corrected chi connectivity index (χ4v) is 2.54. The Morgan fingerprint density at radius 1 is 1.10 bits per heavy atom. The van der Waals surface area contributed by atoms with Gasteiger partial charge >= 0.3 is 0 Å². The molecular formula is C16H18N4. The molecule has 1 aliphatic rings. The molecule has 0 aromatic carbocycles. The van der Waals surface area contributed by atoms with Crippen molar-refractivity contribution in [1.29, 1.82) is 0 Å². The van der Waals surface area contributed by atoms with E-state index in [0.717, 1.165) is 37.8 Å². The highest BCUT2D eigenvalue weighted by molar-refractivity contribution is 5.52. The molecule has 1 aliphatic heterocycles. The third-order valence-corrected chi connectivity index (χ3v) is 3.49. The van der Waals surface area contributed by atoms with E-state index < -0.39 is 0 Å². The SMILES string of the molecule is C=CCN1CCN(c2ccccn2)Cc2cccnc21. The summed E-state index contributed by atoms with van der Waals surface area (Å²) in [6, 6.07) is 10.2. The topological polar surface area (TPSA) is 32.3 Å². The van der Waals surface area contributed by atoms with Crippen molar-refractivity contribution >= 4 is 11.6 Å². The second-order valence-electron chi connectivity index (χ2n) is 4.83. The van der Waals surface area contributed by atoms with Crippen LogP contribution in [0.5, 0.6) is 0 Å². The van der Waals surface area contributed by atoms with E-state index in [-0.39, 0.29) is 0 Å². The molecule has 0 saturated carbocycles. The molecule has 3 rings (SSSR count). The molecule has 20 heavy (non-hydrogen) atoms. The normalized spacial score (nSPS) is 14.6. The Kier molecular flexibility index (Phi) is 3.63. The van der Waals surface area contributed by atoms with Crippen molar-refractivity contribution in [3.05, 3.63) is 60.9 Å². The van der Waals surface area contributed by atoms with Crippen LogP contribution >= 0.6 is 0 Å². The van der Waals surface area contributed by atoms with Crippen molar-refractivity contribution in [2.75, 3.05) is 29.4 Å². The van der Waals surface area contributed by atoms with Gasteiger partial charge in [-0.25, -0.2) is 9.97 Å². The van der Waals surface area contributed by atoms with Crippen LogP contribution in [0.1, 0.15) is 5.56 Å². The summed E-state index contributed by atoms with van der Waals surface area (Å²) >= 11 is 0. The molecule has 0 bridgehead atoms. The van der Waals surface area contributed by atoms with Crippen molar-refractivity contribution in [1.82, 2.24) is 9.97 Å². The molecule has 3 heterocycles. The highest BCUT2D eigenvalue weighted by atomic mass is 15.3. The summed E-state index contributed by atoms with van der Waals surface area (Å²) < 4.78 is 0. The van der Waals surface area contributed by atoms with Gasteiger partial charge in [-0.15, -0.1) is 6.58 Å². The lowest BCUT2D eigenvalue weighted by Crippen LogP contribution is -2.32. The molecule has 2 aromatic heterocycles. The molecule has 4 heteroatoms. The van der Waals surface area contributed by atoms with E-state index >= 15 is 0 Å². The molecule has 0 atom stereocenters. The van der Waals surface area contributed by atoms with E-state index in [1.54, 1.807) is 0 Å². The lowest BCUT2D eigenvalue weighted by molar-refractivity contribution is 0.771. The average Bonchev–Trinajstić information content (AvgIpc) is 2.69. The minimum Gasteiger partial charge on any atom is -0.351 e. The van der Waals surface area contributed by atoms with E-state index in [9.17, 15) is 0 Å². The second-order valence-corrected chi connectivity index (χ2v) is 4.83. The van der Waals surface area contributed by atoms with Gasteiger partial charge in [0.1, 0.15) is 11.6 Å². The first-order chi connectivity index (χ1) is 9.88. The van der Waals surface area contributed by atoms with Gasteiger partial charge in [-0.1, -0.05) is 18.2 Å². The van der Waals surface area contributed by atoms with Gasteiger partial charge in [-0.3, -0.25) is 0 Å². The third kappa shape index (κ3) is 2.50. The summed E-state index contributed by atoms with van der Waals surface area (Å²) in [7, 11) is 0. The van der Waals surface area contributed by atoms with Gasteiger partial charge in [-0.2, -0.15) is 0 Å². The highest BCUT2D eigenvalue weighted by Crippen LogP contribution is 2.24. The molecule has 0 amide bonds. The van der Waals surface area contributed by atoms with Gasteiger partial charge in [-0.05, 0) is 18.2 Å². The number of rotatable bonds is 3. The van der Waals surface area contributed by atoms with Gasteiger partial charge in [0.25, 0.3) is 0 Å². The molecule has 0 fully saturated rings. The van der Waals surface area contributed by atoms with Crippen LogP contribution in [0.2, 0.25) is 0 Å². The second kappa shape index (κ2) is 5.74.